The maximum Gasteiger partial charge on any atom is 0.358 e. The second-order valence-electron chi connectivity index (χ2n) is 14.9. The fourth-order valence-electron chi connectivity index (χ4n) is 6.09. The zero-order valence-corrected chi connectivity index (χ0v) is 42.3. The highest BCUT2D eigenvalue weighted by molar-refractivity contribution is 7.99. The van der Waals surface area contributed by atoms with Crippen LogP contribution in [0.15, 0.2) is 119 Å². The minimum atomic E-state index is -4.00. The number of nitrogens with two attached hydrogens (primary N) is 3. The van der Waals surface area contributed by atoms with Crippen molar-refractivity contribution < 1.29 is 58.8 Å². The van der Waals surface area contributed by atoms with Crippen molar-refractivity contribution in [2.45, 2.75) is 53.9 Å². The zero-order valence-electron chi connectivity index (χ0n) is 38.8. The molecule has 2 aromatic heterocycles. The van der Waals surface area contributed by atoms with Crippen LogP contribution in [-0.2, 0) is 53.3 Å². The van der Waals surface area contributed by atoms with Crippen molar-refractivity contribution >= 4 is 63.9 Å². The molecule has 2 unspecified atom stereocenters. The van der Waals surface area contributed by atoms with Crippen molar-refractivity contribution in [3.8, 4) is 22.5 Å². The van der Waals surface area contributed by atoms with Crippen LogP contribution >= 0.6 is 15.2 Å². The predicted octanol–water partition coefficient (Wildman–Crippen LogP) is 7.67. The maximum absolute atomic E-state index is 12.9. The number of carbonyl (C=O) groups excluding carboxylic acids is 1. The van der Waals surface area contributed by atoms with Crippen molar-refractivity contribution in [2.75, 3.05) is 45.6 Å². The number of nitrogens with zero attached hydrogens (tertiary/aromatic N) is 4. The summed E-state index contributed by atoms with van der Waals surface area (Å²) in [5, 5.41) is 8.90. The van der Waals surface area contributed by atoms with Crippen molar-refractivity contribution in [3.63, 3.8) is 0 Å². The van der Waals surface area contributed by atoms with Gasteiger partial charge in [0.05, 0.1) is 33.6 Å². The average molecular weight is 1030 g/mol. The van der Waals surface area contributed by atoms with Crippen LogP contribution < -0.4 is 17.2 Å². The Labute approximate surface area is 400 Å². The molecule has 0 aliphatic carbocycles. The van der Waals surface area contributed by atoms with Gasteiger partial charge in [0.15, 0.2) is 52.8 Å². The molecule has 20 nitrogen and oxygen atoms in total. The Bertz CT molecular complexity index is 3080. The first-order valence-corrected chi connectivity index (χ1v) is 26.7. The van der Waals surface area contributed by atoms with E-state index in [-0.39, 0.29) is 45.0 Å². The third-order valence-corrected chi connectivity index (χ3v) is 21.1. The standard InChI is InChI=1S/C23H26N3O6PS.C12H11N3O2.C10H16NO5PS/c1-15-5-9-18(10-6-15)20-14-25-23(24)22(26-20)21(27)13-17-7-11-19(12-8-17)34(29,30)16(2)33(28,31-3)32-4;1-7-2-4-8(5-3-7)9-6-14-11(13)10(15-9)12(16)17;1-8(17(12,15-2)16-3)18(13,14)10-6-4-9(11)5-7-10/h5-12,14,16H,13H2,1-4H3,(H2,24,25);2-6H,1H3,(H2,13,14)(H,16,17);4-8H,11H2,1-3H3. The lowest BCUT2D eigenvalue weighted by Gasteiger charge is -2.21. The van der Waals surface area contributed by atoms with Crippen LogP contribution in [0, 0.1) is 13.8 Å². The number of carboxylic acids is 1. The predicted molar refractivity (Wildman–Crippen MR) is 262 cm³/mol. The summed E-state index contributed by atoms with van der Waals surface area (Å²) in [5.74, 6) is -1.59. The third kappa shape index (κ3) is 13.5. The summed E-state index contributed by atoms with van der Waals surface area (Å²) in [6.45, 7) is 6.50. The first-order valence-electron chi connectivity index (χ1n) is 20.4. The molecule has 24 heteroatoms. The van der Waals surface area contributed by atoms with Gasteiger partial charge >= 0.3 is 21.2 Å². The molecule has 368 valence electrons. The lowest BCUT2D eigenvalue weighted by molar-refractivity contribution is 0.0691. The molecule has 4 aromatic carbocycles. The molecule has 69 heavy (non-hydrogen) atoms. The molecule has 7 N–H and O–H groups in total. The number of benzene rings is 4. The molecule has 0 radical (unpaired) electrons. The molecule has 0 saturated carbocycles. The molecule has 2 atom stereocenters. The quantitative estimate of drug-likeness (QED) is 0.0410. The van der Waals surface area contributed by atoms with Gasteiger partial charge in [0.25, 0.3) is 0 Å². The SMILES string of the molecule is COP(=O)(OC)C(C)S(=O)(=O)c1ccc(CC(=O)c2nc(-c3ccc(C)cc3)cnc2N)cc1.COP(=O)(OC)C(C)S(=O)(=O)c1ccc(N)cc1.Cc1ccc(-c2cnc(N)c(C(=O)O)n2)cc1. The first kappa shape index (κ1) is 55.4. The summed E-state index contributed by atoms with van der Waals surface area (Å²) >= 11 is 0. The van der Waals surface area contributed by atoms with E-state index in [2.05, 4.69) is 19.9 Å². The number of carboxylic acid groups (broad SMARTS) is 1. The van der Waals surface area contributed by atoms with Crippen molar-refractivity contribution in [1.29, 1.82) is 0 Å². The number of ketones is 1. The van der Waals surface area contributed by atoms with Gasteiger partial charge in [0, 0.05) is 51.7 Å². The number of Topliss-reactive ketones (excluding diaryl/α,β-unsaturated/α-hetero) is 1. The number of aromatic carboxylic acids is 1. The zero-order chi connectivity index (χ0) is 51.5. The summed E-state index contributed by atoms with van der Waals surface area (Å²) in [7, 11) is -10.8. The van der Waals surface area contributed by atoms with E-state index in [1.807, 2.05) is 62.4 Å². The normalized spacial score (nSPS) is 12.6. The molecule has 6 rings (SSSR count). The fraction of sp³-hybridized carbons (Fsp3) is 0.244. The Morgan fingerprint density at radius 2 is 0.928 bits per heavy atom. The van der Waals surface area contributed by atoms with Gasteiger partial charge in [0.1, 0.15) is 5.69 Å². The monoisotopic (exact) mass is 1030 g/mol. The highest BCUT2D eigenvalue weighted by atomic mass is 32.2. The Balaban J connectivity index is 0.000000249. The Morgan fingerprint density at radius 3 is 1.29 bits per heavy atom. The lowest BCUT2D eigenvalue weighted by Crippen LogP contribution is -2.20. The fourth-order valence-corrected chi connectivity index (χ4v) is 13.9. The van der Waals surface area contributed by atoms with Gasteiger partial charge < -0.3 is 40.4 Å². The van der Waals surface area contributed by atoms with Gasteiger partial charge in [0.2, 0.25) is 0 Å². The maximum atomic E-state index is 12.9. The number of hydrogen-bond acceptors (Lipinski definition) is 19. The van der Waals surface area contributed by atoms with Crippen molar-refractivity contribution in [3.05, 3.63) is 138 Å². The van der Waals surface area contributed by atoms with E-state index in [1.54, 1.807) is 0 Å². The largest absolute Gasteiger partial charge is 0.476 e. The van der Waals surface area contributed by atoms with Crippen molar-refractivity contribution in [2.24, 2.45) is 0 Å². The van der Waals surface area contributed by atoms with Gasteiger partial charge in [-0.1, -0.05) is 71.8 Å². The second-order valence-corrected chi connectivity index (χ2v) is 25.3. The van der Waals surface area contributed by atoms with Gasteiger partial charge in [-0.05, 0) is 69.7 Å². The smallest absolute Gasteiger partial charge is 0.358 e. The van der Waals surface area contributed by atoms with Crippen LogP contribution in [0.25, 0.3) is 22.5 Å². The number of rotatable bonds is 16. The number of sulfone groups is 2. The molecule has 0 bridgehead atoms. The van der Waals surface area contributed by atoms with Crippen LogP contribution in [0.3, 0.4) is 0 Å². The minimum Gasteiger partial charge on any atom is -0.476 e. The Hall–Kier alpha value is -6.22. The average Bonchev–Trinajstić information content (AvgIpc) is 3.34. The van der Waals surface area contributed by atoms with Crippen LogP contribution in [0.5, 0.6) is 0 Å². The van der Waals surface area contributed by atoms with Crippen LogP contribution in [-0.4, -0.2) is 92.1 Å². The molecule has 0 aliphatic heterocycles. The molecule has 0 amide bonds. The minimum absolute atomic E-state index is 0.0174. The molecule has 6 aromatic rings. The molecule has 0 fully saturated rings. The Kier molecular flexibility index (Phi) is 18.8. The van der Waals surface area contributed by atoms with E-state index < -0.39 is 50.8 Å². The van der Waals surface area contributed by atoms with Gasteiger partial charge in [-0.3, -0.25) is 13.9 Å². The van der Waals surface area contributed by atoms with Crippen LogP contribution in [0.2, 0.25) is 0 Å². The molecule has 2 heterocycles. The first-order chi connectivity index (χ1) is 32.4. The molecule has 0 spiro atoms. The van der Waals surface area contributed by atoms with Crippen molar-refractivity contribution in [1.82, 2.24) is 19.9 Å². The van der Waals surface area contributed by atoms with E-state index in [0.717, 1.165) is 50.7 Å². The third-order valence-electron chi connectivity index (χ3n) is 10.4. The van der Waals surface area contributed by atoms with E-state index in [0.29, 0.717) is 22.6 Å². The number of carbonyl (C=O) groups is 2. The molecular formula is C45H53N7O13P2S2. The molecule has 0 saturated heterocycles. The van der Waals surface area contributed by atoms with Gasteiger partial charge in [-0.2, -0.15) is 0 Å². The second kappa shape index (κ2) is 23.4. The number of nitrogen functional groups attached to an aromatic ring is 3. The number of aryl methyl sites for hydroxylation is 2. The van der Waals surface area contributed by atoms with Crippen LogP contribution in [0.1, 0.15) is 51.5 Å². The van der Waals surface area contributed by atoms with Gasteiger partial charge in [-0.25, -0.2) is 41.6 Å². The topological polar surface area (TPSA) is 323 Å². The number of hydrogen-bond donors (Lipinski definition) is 4. The molecular weight excluding hydrogens is 973 g/mol. The number of aromatic nitrogens is 4. The lowest BCUT2D eigenvalue weighted by atomic mass is 10.1. The van der Waals surface area contributed by atoms with E-state index >= 15 is 0 Å². The van der Waals surface area contributed by atoms with E-state index in [4.69, 9.17) is 40.4 Å². The number of anilines is 3. The molecule has 0 aliphatic rings. The summed E-state index contributed by atoms with van der Waals surface area (Å²) < 4.78 is 93.9. The summed E-state index contributed by atoms with van der Waals surface area (Å²) in [4.78, 5) is 37.4. The van der Waals surface area contributed by atoms with Gasteiger partial charge in [-0.15, -0.1) is 0 Å². The summed E-state index contributed by atoms with van der Waals surface area (Å²) in [6, 6.07) is 26.6. The highest BCUT2D eigenvalue weighted by Crippen LogP contribution is 2.55. The van der Waals surface area contributed by atoms with Crippen LogP contribution in [0.4, 0.5) is 17.3 Å². The van der Waals surface area contributed by atoms with E-state index in [1.165, 1.54) is 74.8 Å². The summed E-state index contributed by atoms with van der Waals surface area (Å²) in [6.07, 6.45) is 2.92. The van der Waals surface area contributed by atoms with E-state index in [9.17, 15) is 35.6 Å². The summed E-state index contributed by atoms with van der Waals surface area (Å²) in [5.41, 5.74) is 22.5. The Morgan fingerprint density at radius 1 is 0.580 bits per heavy atom. The highest BCUT2D eigenvalue weighted by Gasteiger charge is 2.42.